The maximum atomic E-state index is 12.7. The molecule has 7 heteroatoms. The summed E-state index contributed by atoms with van der Waals surface area (Å²) in [5.74, 6) is 0.373. The van der Waals surface area contributed by atoms with Crippen molar-refractivity contribution in [3.8, 4) is 0 Å². The normalized spacial score (nSPS) is 11.2. The fraction of sp³-hybridized carbons (Fsp3) is 0.500. The van der Waals surface area contributed by atoms with Gasteiger partial charge in [0.15, 0.2) is 0 Å². The van der Waals surface area contributed by atoms with Gasteiger partial charge in [0.25, 0.3) is 0 Å². The molecule has 0 unspecified atom stereocenters. The third-order valence-corrected chi connectivity index (χ3v) is 4.62. The summed E-state index contributed by atoms with van der Waals surface area (Å²) in [4.78, 5) is 26.9. The lowest BCUT2D eigenvalue weighted by Crippen LogP contribution is -2.41. The third kappa shape index (κ3) is 6.62. The van der Waals surface area contributed by atoms with Crippen LogP contribution < -0.4 is 10.6 Å². The Morgan fingerprint density at radius 1 is 1.14 bits per heavy atom. The summed E-state index contributed by atoms with van der Waals surface area (Å²) < 4.78 is 1.65. The molecule has 1 aromatic heterocycles. The first kappa shape index (κ1) is 22.5. The molecule has 158 valence electrons. The van der Waals surface area contributed by atoms with Crippen LogP contribution in [0.3, 0.4) is 0 Å². The van der Waals surface area contributed by atoms with E-state index in [2.05, 4.69) is 43.4 Å². The lowest BCUT2D eigenvalue weighted by molar-refractivity contribution is -0.116. The molecule has 2 N–H and O–H groups in total. The summed E-state index contributed by atoms with van der Waals surface area (Å²) in [5, 5.41) is 10.2. The molecule has 2 rings (SSSR count). The van der Waals surface area contributed by atoms with Gasteiger partial charge < -0.3 is 15.5 Å². The molecule has 1 heterocycles. The molecule has 0 spiro atoms. The van der Waals surface area contributed by atoms with Crippen molar-refractivity contribution in [2.45, 2.75) is 52.9 Å². The van der Waals surface area contributed by atoms with Crippen LogP contribution in [0.2, 0.25) is 0 Å². The van der Waals surface area contributed by atoms with Gasteiger partial charge in [0.2, 0.25) is 5.91 Å². The van der Waals surface area contributed by atoms with Gasteiger partial charge in [-0.15, -0.1) is 0 Å². The Kier molecular flexibility index (Phi) is 7.42. The van der Waals surface area contributed by atoms with Crippen molar-refractivity contribution in [1.82, 2.24) is 14.7 Å². The van der Waals surface area contributed by atoms with Crippen LogP contribution >= 0.6 is 0 Å². The number of carbonyl (C=O) groups is 2. The first-order valence-electron chi connectivity index (χ1n) is 10.1. The second-order valence-corrected chi connectivity index (χ2v) is 8.41. The van der Waals surface area contributed by atoms with Crippen LogP contribution in [0.15, 0.2) is 30.3 Å². The molecule has 0 fully saturated rings. The average Bonchev–Trinajstić information content (AvgIpc) is 3.01. The van der Waals surface area contributed by atoms with E-state index in [1.165, 1.54) is 0 Å². The first-order valence-corrected chi connectivity index (χ1v) is 10.1. The number of hydrogen-bond donors (Lipinski definition) is 2. The predicted molar refractivity (Wildman–Crippen MR) is 117 cm³/mol. The number of carbonyl (C=O) groups excluding carboxylic acids is 2. The number of hydrogen-bond acceptors (Lipinski definition) is 3. The van der Waals surface area contributed by atoms with Crippen LogP contribution in [0.4, 0.5) is 16.3 Å². The van der Waals surface area contributed by atoms with Crippen molar-refractivity contribution < 1.29 is 9.59 Å². The highest BCUT2D eigenvalue weighted by Gasteiger charge is 2.21. The lowest BCUT2D eigenvalue weighted by Gasteiger charge is -2.22. The summed E-state index contributed by atoms with van der Waals surface area (Å²) in [7, 11) is 1.80. The Balaban J connectivity index is 2.05. The van der Waals surface area contributed by atoms with E-state index in [0.29, 0.717) is 18.1 Å². The van der Waals surface area contributed by atoms with Crippen LogP contribution in [-0.2, 0) is 17.3 Å². The number of aromatic nitrogens is 2. The van der Waals surface area contributed by atoms with Crippen molar-refractivity contribution in [1.29, 1.82) is 0 Å². The van der Waals surface area contributed by atoms with Gasteiger partial charge in [0.05, 0.1) is 5.69 Å². The van der Waals surface area contributed by atoms with Crippen LogP contribution in [0.5, 0.6) is 0 Å². The quantitative estimate of drug-likeness (QED) is 0.728. The average molecular weight is 400 g/mol. The number of unbranched alkanes of at least 4 members (excludes halogenated alkanes) is 1. The van der Waals surface area contributed by atoms with Gasteiger partial charge in [-0.1, -0.05) is 51.8 Å². The number of anilines is 2. The minimum absolute atomic E-state index is 0.0201. The molecular formula is C22H33N5O2. The summed E-state index contributed by atoms with van der Waals surface area (Å²) >= 11 is 0. The highest BCUT2D eigenvalue weighted by Crippen LogP contribution is 2.23. The van der Waals surface area contributed by atoms with E-state index in [0.717, 1.165) is 24.1 Å². The second kappa shape index (κ2) is 9.58. The number of nitrogens with zero attached hydrogens (tertiary/aromatic N) is 3. The van der Waals surface area contributed by atoms with E-state index in [-0.39, 0.29) is 23.9 Å². The van der Waals surface area contributed by atoms with E-state index in [1.807, 2.05) is 37.3 Å². The van der Waals surface area contributed by atoms with E-state index in [9.17, 15) is 9.59 Å². The Morgan fingerprint density at radius 3 is 2.34 bits per heavy atom. The highest BCUT2D eigenvalue weighted by atomic mass is 16.2. The predicted octanol–water partition coefficient (Wildman–Crippen LogP) is 4.30. The number of benzene rings is 1. The Hall–Kier alpha value is -2.83. The number of urea groups is 1. The minimum Gasteiger partial charge on any atom is -0.315 e. The number of aryl methyl sites for hydroxylation is 2. The second-order valence-electron chi connectivity index (χ2n) is 8.41. The van der Waals surface area contributed by atoms with Crippen molar-refractivity contribution in [3.63, 3.8) is 0 Å². The van der Waals surface area contributed by atoms with Gasteiger partial charge in [-0.25, -0.2) is 4.79 Å². The molecule has 0 aliphatic carbocycles. The molecule has 0 bridgehead atoms. The van der Waals surface area contributed by atoms with Gasteiger partial charge in [0.1, 0.15) is 12.4 Å². The van der Waals surface area contributed by atoms with Crippen molar-refractivity contribution >= 4 is 23.4 Å². The Morgan fingerprint density at radius 2 is 1.79 bits per heavy atom. The topological polar surface area (TPSA) is 79.3 Å². The molecule has 0 atom stereocenters. The van der Waals surface area contributed by atoms with Gasteiger partial charge in [0, 0.05) is 30.8 Å². The van der Waals surface area contributed by atoms with E-state index < -0.39 is 0 Å². The molecule has 0 aliphatic rings. The molecule has 0 radical (unpaired) electrons. The molecule has 2 aromatic rings. The maximum absolute atomic E-state index is 12.7. The smallest absolute Gasteiger partial charge is 0.315 e. The zero-order chi connectivity index (χ0) is 21.6. The fourth-order valence-corrected chi connectivity index (χ4v) is 2.75. The molecular weight excluding hydrogens is 366 g/mol. The molecule has 29 heavy (non-hydrogen) atoms. The zero-order valence-corrected chi connectivity index (χ0v) is 18.4. The summed E-state index contributed by atoms with van der Waals surface area (Å²) in [5.41, 5.74) is 2.62. The van der Waals surface area contributed by atoms with Crippen LogP contribution in [0.1, 0.15) is 51.8 Å². The van der Waals surface area contributed by atoms with Gasteiger partial charge in [-0.05, 0) is 25.5 Å². The van der Waals surface area contributed by atoms with E-state index >= 15 is 0 Å². The molecule has 0 saturated carbocycles. The maximum Gasteiger partial charge on any atom is 0.322 e. The Bertz CT molecular complexity index is 834. The monoisotopic (exact) mass is 399 g/mol. The molecule has 0 saturated heterocycles. The summed E-state index contributed by atoms with van der Waals surface area (Å²) in [6.07, 6.45) is 1.76. The molecule has 3 amide bonds. The SMILES string of the molecule is CCCCN(CC(=O)Nc1cc(C(C)(C)C)nn1C)C(=O)Nc1ccc(C)cc1. The standard InChI is InChI=1S/C22H33N5O2/c1-7-8-13-27(21(29)23-17-11-9-16(2)10-12-17)15-20(28)24-19-14-18(22(3,4)5)25-26(19)6/h9-12,14H,7-8,13,15H2,1-6H3,(H,23,29)(H,24,28). The van der Waals surface area contributed by atoms with Gasteiger partial charge in [-0.2, -0.15) is 5.10 Å². The highest BCUT2D eigenvalue weighted by molar-refractivity contribution is 5.96. The van der Waals surface area contributed by atoms with Gasteiger partial charge in [-0.3, -0.25) is 9.48 Å². The van der Waals surface area contributed by atoms with Crippen molar-refractivity contribution in [3.05, 3.63) is 41.6 Å². The molecule has 7 nitrogen and oxygen atoms in total. The van der Waals surface area contributed by atoms with E-state index in [4.69, 9.17) is 0 Å². The van der Waals surface area contributed by atoms with Crippen LogP contribution in [0, 0.1) is 6.92 Å². The van der Waals surface area contributed by atoms with Crippen molar-refractivity contribution in [2.75, 3.05) is 23.7 Å². The minimum atomic E-state index is -0.280. The number of rotatable bonds is 7. The van der Waals surface area contributed by atoms with E-state index in [1.54, 1.807) is 16.6 Å². The van der Waals surface area contributed by atoms with Gasteiger partial charge >= 0.3 is 6.03 Å². The third-order valence-electron chi connectivity index (χ3n) is 4.62. The van der Waals surface area contributed by atoms with Crippen LogP contribution in [-0.4, -0.2) is 39.7 Å². The first-order chi connectivity index (χ1) is 13.6. The zero-order valence-electron chi connectivity index (χ0n) is 18.4. The molecule has 1 aromatic carbocycles. The van der Waals surface area contributed by atoms with Crippen LogP contribution in [0.25, 0.3) is 0 Å². The number of nitrogens with one attached hydrogen (secondary N) is 2. The van der Waals surface area contributed by atoms with Crippen molar-refractivity contribution in [2.24, 2.45) is 7.05 Å². The Labute approximate surface area is 173 Å². The number of amides is 3. The summed E-state index contributed by atoms with van der Waals surface area (Å²) in [6, 6.07) is 9.18. The largest absolute Gasteiger partial charge is 0.322 e. The summed E-state index contributed by atoms with van der Waals surface area (Å²) in [6.45, 7) is 10.8. The molecule has 0 aliphatic heterocycles. The fourth-order valence-electron chi connectivity index (χ4n) is 2.75. The lowest BCUT2D eigenvalue weighted by atomic mass is 9.92.